The molecular weight excluding hydrogens is 427 g/mol. The number of benzene rings is 2. The standard InChI is InChI=1S/C26H34F3N3O/c27-26(28,29)23-7-4-8-24(18-23)32-15-13-31(14-16-32)20-25(33)19-30-11-9-22(10-12-30)17-21-5-2-1-3-6-21/h1-8,18,22,25,33H,9-17,19-20H2/t25-/m0/s1. The van der Waals surface area contributed by atoms with Gasteiger partial charge in [-0.2, -0.15) is 13.2 Å². The van der Waals surface area contributed by atoms with Gasteiger partial charge in [0.2, 0.25) is 0 Å². The van der Waals surface area contributed by atoms with Gasteiger partial charge >= 0.3 is 6.18 Å². The van der Waals surface area contributed by atoms with Gasteiger partial charge in [0.25, 0.3) is 0 Å². The second kappa shape index (κ2) is 10.9. The van der Waals surface area contributed by atoms with Gasteiger partial charge in [0.1, 0.15) is 0 Å². The molecule has 2 aromatic rings. The number of hydrogen-bond donors (Lipinski definition) is 1. The predicted molar refractivity (Wildman–Crippen MR) is 125 cm³/mol. The van der Waals surface area contributed by atoms with E-state index < -0.39 is 17.8 Å². The summed E-state index contributed by atoms with van der Waals surface area (Å²) in [6, 6.07) is 16.2. The van der Waals surface area contributed by atoms with Gasteiger partial charge in [-0.05, 0) is 62.0 Å². The lowest BCUT2D eigenvalue weighted by molar-refractivity contribution is -0.137. The molecule has 0 saturated carbocycles. The van der Waals surface area contributed by atoms with Crippen molar-refractivity contribution in [3.63, 3.8) is 0 Å². The molecule has 2 aromatic carbocycles. The van der Waals surface area contributed by atoms with Gasteiger partial charge in [-0.25, -0.2) is 0 Å². The number of aliphatic hydroxyl groups is 1. The molecule has 4 nitrogen and oxygen atoms in total. The van der Waals surface area contributed by atoms with Crippen LogP contribution in [0.4, 0.5) is 18.9 Å². The lowest BCUT2D eigenvalue weighted by Gasteiger charge is -2.38. The molecule has 1 atom stereocenters. The summed E-state index contributed by atoms with van der Waals surface area (Å²) in [5, 5.41) is 10.6. The minimum atomic E-state index is -4.32. The number of β-amino-alcohol motifs (C(OH)–C–C–N with tert-alkyl or cyclic N) is 1. The van der Waals surface area contributed by atoms with Crippen LogP contribution in [0.5, 0.6) is 0 Å². The summed E-state index contributed by atoms with van der Waals surface area (Å²) >= 11 is 0. The molecule has 0 aliphatic carbocycles. The Morgan fingerprint density at radius 1 is 0.818 bits per heavy atom. The van der Waals surface area contributed by atoms with Crippen molar-refractivity contribution in [1.82, 2.24) is 9.80 Å². The zero-order chi connectivity index (χ0) is 23.3. The van der Waals surface area contributed by atoms with Crippen LogP contribution < -0.4 is 4.90 Å². The first-order valence-corrected chi connectivity index (χ1v) is 12.0. The largest absolute Gasteiger partial charge is 0.416 e. The highest BCUT2D eigenvalue weighted by molar-refractivity contribution is 5.49. The van der Waals surface area contributed by atoms with E-state index in [0.29, 0.717) is 37.8 Å². The smallest absolute Gasteiger partial charge is 0.390 e. The van der Waals surface area contributed by atoms with Crippen molar-refractivity contribution >= 4 is 5.69 Å². The van der Waals surface area contributed by atoms with Crippen LogP contribution in [0.3, 0.4) is 0 Å². The van der Waals surface area contributed by atoms with Gasteiger partial charge in [-0.15, -0.1) is 0 Å². The molecule has 2 aliphatic heterocycles. The summed E-state index contributed by atoms with van der Waals surface area (Å²) in [5.74, 6) is 0.713. The summed E-state index contributed by atoms with van der Waals surface area (Å²) in [7, 11) is 0. The molecule has 2 heterocycles. The normalized spacial score (nSPS) is 20.2. The van der Waals surface area contributed by atoms with E-state index in [1.807, 2.05) is 4.90 Å². The number of nitrogens with zero attached hydrogens (tertiary/aromatic N) is 3. The zero-order valence-electron chi connectivity index (χ0n) is 19.1. The van der Waals surface area contributed by atoms with E-state index in [-0.39, 0.29) is 0 Å². The highest BCUT2D eigenvalue weighted by atomic mass is 19.4. The number of rotatable bonds is 7. The number of likely N-dealkylation sites (tertiary alicyclic amines) is 1. The Morgan fingerprint density at radius 3 is 2.09 bits per heavy atom. The summed E-state index contributed by atoms with van der Waals surface area (Å²) in [5.41, 5.74) is 1.41. The first-order chi connectivity index (χ1) is 15.9. The minimum absolute atomic E-state index is 0.407. The van der Waals surface area contributed by atoms with Crippen LogP contribution in [0.2, 0.25) is 0 Å². The average Bonchev–Trinajstić information content (AvgIpc) is 2.81. The number of halogens is 3. The fourth-order valence-electron chi connectivity index (χ4n) is 5.04. The first kappa shape index (κ1) is 24.0. The van der Waals surface area contributed by atoms with E-state index >= 15 is 0 Å². The van der Waals surface area contributed by atoms with Gasteiger partial charge in [-0.3, -0.25) is 4.90 Å². The molecule has 2 saturated heterocycles. The third kappa shape index (κ3) is 6.95. The second-order valence-electron chi connectivity index (χ2n) is 9.42. The Hall–Kier alpha value is -2.09. The van der Waals surface area contributed by atoms with Gasteiger partial charge in [0, 0.05) is 45.0 Å². The van der Waals surface area contributed by atoms with Crippen LogP contribution in [-0.2, 0) is 12.6 Å². The predicted octanol–water partition coefficient (Wildman–Crippen LogP) is 4.14. The van der Waals surface area contributed by atoms with Crippen LogP contribution in [0.15, 0.2) is 54.6 Å². The Kier molecular flexibility index (Phi) is 7.94. The minimum Gasteiger partial charge on any atom is -0.390 e. The average molecular weight is 462 g/mol. The van der Waals surface area contributed by atoms with Gasteiger partial charge in [-0.1, -0.05) is 36.4 Å². The molecular formula is C26H34F3N3O. The molecule has 180 valence electrons. The second-order valence-corrected chi connectivity index (χ2v) is 9.42. The van der Waals surface area contributed by atoms with Crippen LogP contribution in [-0.4, -0.2) is 73.4 Å². The van der Waals surface area contributed by atoms with Crippen LogP contribution in [0.1, 0.15) is 24.0 Å². The number of aliphatic hydroxyl groups excluding tert-OH is 1. The van der Waals surface area contributed by atoms with E-state index in [0.717, 1.165) is 51.5 Å². The maximum atomic E-state index is 13.0. The lowest BCUT2D eigenvalue weighted by atomic mass is 9.90. The summed E-state index contributed by atoms with van der Waals surface area (Å²) in [4.78, 5) is 6.58. The highest BCUT2D eigenvalue weighted by Gasteiger charge is 2.31. The molecule has 0 aromatic heterocycles. The number of alkyl halides is 3. The molecule has 2 fully saturated rings. The topological polar surface area (TPSA) is 30.0 Å². The molecule has 0 spiro atoms. The van der Waals surface area contributed by atoms with Crippen LogP contribution in [0, 0.1) is 5.92 Å². The maximum absolute atomic E-state index is 13.0. The van der Waals surface area contributed by atoms with Crippen molar-refractivity contribution in [2.24, 2.45) is 5.92 Å². The highest BCUT2D eigenvalue weighted by Crippen LogP contribution is 2.32. The van der Waals surface area contributed by atoms with Crippen molar-refractivity contribution < 1.29 is 18.3 Å². The number of anilines is 1. The maximum Gasteiger partial charge on any atom is 0.416 e. The summed E-state index contributed by atoms with van der Waals surface area (Å²) in [6.45, 7) is 6.17. The number of hydrogen-bond acceptors (Lipinski definition) is 4. The Balaban J connectivity index is 1.17. The molecule has 4 rings (SSSR count). The quantitative estimate of drug-likeness (QED) is 0.671. The number of piperazine rings is 1. The van der Waals surface area contributed by atoms with Crippen molar-refractivity contribution in [3.05, 3.63) is 65.7 Å². The monoisotopic (exact) mass is 461 g/mol. The molecule has 1 N–H and O–H groups in total. The lowest BCUT2D eigenvalue weighted by Crippen LogP contribution is -2.50. The number of piperidine rings is 1. The van der Waals surface area contributed by atoms with Gasteiger partial charge < -0.3 is 14.9 Å². The van der Waals surface area contributed by atoms with Gasteiger partial charge in [0.15, 0.2) is 0 Å². The van der Waals surface area contributed by atoms with E-state index in [1.54, 1.807) is 6.07 Å². The molecule has 0 amide bonds. The molecule has 2 aliphatic rings. The first-order valence-electron chi connectivity index (χ1n) is 12.0. The van der Waals surface area contributed by atoms with Crippen molar-refractivity contribution in [3.8, 4) is 0 Å². The molecule has 0 unspecified atom stereocenters. The Labute approximate surface area is 194 Å². The van der Waals surface area contributed by atoms with E-state index in [1.165, 1.54) is 17.7 Å². The Morgan fingerprint density at radius 2 is 1.45 bits per heavy atom. The summed E-state index contributed by atoms with van der Waals surface area (Å²) in [6.07, 6.45) is -1.27. The van der Waals surface area contributed by atoms with Crippen LogP contribution in [0.25, 0.3) is 0 Å². The third-order valence-electron chi connectivity index (χ3n) is 6.92. The van der Waals surface area contributed by atoms with E-state index in [2.05, 4.69) is 40.1 Å². The SMILES string of the molecule is O[C@@H](CN1CCC(Cc2ccccc2)CC1)CN1CCN(c2cccc(C(F)(F)F)c2)CC1. The molecule has 33 heavy (non-hydrogen) atoms. The van der Waals surface area contributed by atoms with Gasteiger partial charge in [0.05, 0.1) is 11.7 Å². The fraction of sp³-hybridized carbons (Fsp3) is 0.538. The third-order valence-corrected chi connectivity index (χ3v) is 6.92. The molecule has 0 bridgehead atoms. The molecule has 0 radical (unpaired) electrons. The van der Waals surface area contributed by atoms with Crippen molar-refractivity contribution in [2.45, 2.75) is 31.5 Å². The Bertz CT molecular complexity index is 861. The molecule has 7 heteroatoms. The summed E-state index contributed by atoms with van der Waals surface area (Å²) < 4.78 is 39.0. The zero-order valence-corrected chi connectivity index (χ0v) is 19.1. The van der Waals surface area contributed by atoms with E-state index in [4.69, 9.17) is 0 Å². The van der Waals surface area contributed by atoms with E-state index in [9.17, 15) is 18.3 Å². The van der Waals surface area contributed by atoms with Crippen molar-refractivity contribution in [2.75, 3.05) is 57.3 Å². The van der Waals surface area contributed by atoms with Crippen molar-refractivity contribution in [1.29, 1.82) is 0 Å². The van der Waals surface area contributed by atoms with Crippen LogP contribution >= 0.6 is 0 Å². The fourth-order valence-corrected chi connectivity index (χ4v) is 5.04.